The van der Waals surface area contributed by atoms with E-state index in [4.69, 9.17) is 22.1 Å². The topological polar surface area (TPSA) is 35.2 Å². The highest BCUT2D eigenvalue weighted by Gasteiger charge is 2.29. The first kappa shape index (κ1) is 24.6. The molecule has 2 nitrogen and oxygen atoms in total. The Bertz CT molecular complexity index is 535. The van der Waals surface area contributed by atoms with Crippen LogP contribution < -0.4 is 10.5 Å². The van der Waals surface area contributed by atoms with Gasteiger partial charge in [-0.15, -0.1) is 12.4 Å². The van der Waals surface area contributed by atoms with Gasteiger partial charge in [0, 0.05) is 6.04 Å². The molecule has 0 amide bonds. The third-order valence-corrected chi connectivity index (χ3v) is 4.61. The van der Waals surface area contributed by atoms with Crippen LogP contribution in [0.1, 0.15) is 78.9 Å². The second kappa shape index (κ2) is 10.0. The largest absolute Gasteiger partial charge is 0.492 e. The van der Waals surface area contributed by atoms with Gasteiger partial charge in [0.05, 0.1) is 11.6 Å². The van der Waals surface area contributed by atoms with Crippen LogP contribution in [0.5, 0.6) is 5.75 Å². The monoisotopic (exact) mass is 389 g/mol. The van der Waals surface area contributed by atoms with Crippen LogP contribution in [0.4, 0.5) is 0 Å². The molecule has 1 unspecified atom stereocenters. The maximum absolute atomic E-state index is 6.61. The Balaban J connectivity index is 0.00000576. The standard InChI is InChI=1S/C21H36ClNO.ClH/c1-8-10-24-19-15(12-17(23)9-2)11-16(13-18(19)22)21(6,7)14-20(3,4)5;/h11,13,17H,8-10,12,14,23H2,1-7H3;1H. The van der Waals surface area contributed by atoms with Crippen molar-refractivity contribution in [2.24, 2.45) is 11.1 Å². The van der Waals surface area contributed by atoms with Gasteiger partial charge in [-0.2, -0.15) is 0 Å². The molecule has 4 heteroatoms. The van der Waals surface area contributed by atoms with Crippen LogP contribution in [0, 0.1) is 5.41 Å². The van der Waals surface area contributed by atoms with E-state index in [1.165, 1.54) is 5.56 Å². The number of ether oxygens (including phenoxy) is 1. The van der Waals surface area contributed by atoms with Gasteiger partial charge >= 0.3 is 0 Å². The van der Waals surface area contributed by atoms with Gasteiger partial charge in [-0.1, -0.05) is 66.1 Å². The van der Waals surface area contributed by atoms with Crippen molar-refractivity contribution < 1.29 is 4.74 Å². The van der Waals surface area contributed by atoms with Crippen LogP contribution in [0.15, 0.2) is 12.1 Å². The molecule has 146 valence electrons. The van der Waals surface area contributed by atoms with Crippen molar-refractivity contribution in [2.45, 2.75) is 85.6 Å². The van der Waals surface area contributed by atoms with Crippen molar-refractivity contribution in [2.75, 3.05) is 6.61 Å². The molecular formula is C21H37Cl2NO. The molecule has 1 rings (SSSR count). The van der Waals surface area contributed by atoms with Crippen LogP contribution in [-0.4, -0.2) is 12.6 Å². The number of benzene rings is 1. The number of hydrogen-bond donors (Lipinski definition) is 1. The summed E-state index contributed by atoms with van der Waals surface area (Å²) >= 11 is 6.61. The molecule has 0 spiro atoms. The summed E-state index contributed by atoms with van der Waals surface area (Å²) in [6.07, 6.45) is 3.80. The lowest BCUT2D eigenvalue weighted by Gasteiger charge is -2.34. The molecule has 0 bridgehead atoms. The first-order valence-electron chi connectivity index (χ1n) is 9.21. The molecule has 0 saturated carbocycles. The van der Waals surface area contributed by atoms with Crippen LogP contribution >= 0.6 is 24.0 Å². The molecule has 0 aliphatic heterocycles. The fraction of sp³-hybridized carbons (Fsp3) is 0.714. The van der Waals surface area contributed by atoms with Crippen molar-refractivity contribution in [1.82, 2.24) is 0 Å². The minimum absolute atomic E-state index is 0. The highest BCUT2D eigenvalue weighted by Crippen LogP contribution is 2.40. The minimum Gasteiger partial charge on any atom is -0.492 e. The quantitative estimate of drug-likeness (QED) is 0.547. The first-order valence-corrected chi connectivity index (χ1v) is 9.59. The second-order valence-electron chi connectivity index (χ2n) is 8.79. The van der Waals surface area contributed by atoms with Gasteiger partial charge in [0.1, 0.15) is 5.75 Å². The predicted molar refractivity (Wildman–Crippen MR) is 114 cm³/mol. The zero-order valence-corrected chi connectivity index (χ0v) is 18.6. The third kappa shape index (κ3) is 7.76. The van der Waals surface area contributed by atoms with Crippen molar-refractivity contribution in [3.05, 3.63) is 28.3 Å². The Kier molecular flexibility index (Phi) is 9.86. The zero-order chi connectivity index (χ0) is 18.5. The Labute approximate surface area is 166 Å². The minimum atomic E-state index is 0. The summed E-state index contributed by atoms with van der Waals surface area (Å²) in [5, 5.41) is 0.709. The summed E-state index contributed by atoms with van der Waals surface area (Å²) in [5.41, 5.74) is 8.93. The van der Waals surface area contributed by atoms with Gasteiger partial charge in [0.2, 0.25) is 0 Å². The molecule has 0 aliphatic rings. The molecule has 0 fully saturated rings. The fourth-order valence-corrected chi connectivity index (χ4v) is 3.71. The molecular weight excluding hydrogens is 353 g/mol. The zero-order valence-electron chi connectivity index (χ0n) is 17.0. The number of nitrogens with two attached hydrogens (primary N) is 1. The predicted octanol–water partition coefficient (Wildman–Crippen LogP) is 6.54. The van der Waals surface area contributed by atoms with E-state index < -0.39 is 0 Å². The molecule has 25 heavy (non-hydrogen) atoms. The molecule has 0 radical (unpaired) electrons. The number of halogens is 2. The van der Waals surface area contributed by atoms with E-state index in [-0.39, 0.29) is 29.3 Å². The Morgan fingerprint density at radius 2 is 1.72 bits per heavy atom. The Morgan fingerprint density at radius 3 is 2.20 bits per heavy atom. The van der Waals surface area contributed by atoms with Crippen LogP contribution in [0.2, 0.25) is 5.02 Å². The molecule has 1 aromatic rings. The Morgan fingerprint density at radius 1 is 1.12 bits per heavy atom. The van der Waals surface area contributed by atoms with Gasteiger partial charge < -0.3 is 10.5 Å². The van der Waals surface area contributed by atoms with E-state index in [2.05, 4.69) is 60.6 Å². The third-order valence-electron chi connectivity index (χ3n) is 4.33. The van der Waals surface area contributed by atoms with Gasteiger partial charge in [-0.05, 0) is 53.7 Å². The number of rotatable bonds is 8. The average molecular weight is 390 g/mol. The van der Waals surface area contributed by atoms with E-state index in [1.807, 2.05) is 0 Å². The Hall–Kier alpha value is -0.440. The molecule has 0 saturated heterocycles. The molecule has 0 aliphatic carbocycles. The van der Waals surface area contributed by atoms with Gasteiger partial charge in [0.15, 0.2) is 0 Å². The van der Waals surface area contributed by atoms with E-state index in [0.29, 0.717) is 11.6 Å². The molecule has 0 aromatic heterocycles. The summed E-state index contributed by atoms with van der Waals surface area (Å²) < 4.78 is 5.94. The van der Waals surface area contributed by atoms with Crippen molar-refractivity contribution in [3.63, 3.8) is 0 Å². The summed E-state index contributed by atoms with van der Waals surface area (Å²) in [6.45, 7) is 16.3. The lowest BCUT2D eigenvalue weighted by Crippen LogP contribution is -2.26. The number of hydrogen-bond acceptors (Lipinski definition) is 2. The highest BCUT2D eigenvalue weighted by molar-refractivity contribution is 6.32. The van der Waals surface area contributed by atoms with Crippen molar-refractivity contribution in [1.29, 1.82) is 0 Å². The fourth-order valence-electron chi connectivity index (χ4n) is 3.41. The summed E-state index contributed by atoms with van der Waals surface area (Å²) in [4.78, 5) is 0. The van der Waals surface area contributed by atoms with E-state index in [9.17, 15) is 0 Å². The van der Waals surface area contributed by atoms with Crippen LogP contribution in [0.3, 0.4) is 0 Å². The van der Waals surface area contributed by atoms with Crippen LogP contribution in [-0.2, 0) is 11.8 Å². The summed E-state index contributed by atoms with van der Waals surface area (Å²) in [5.74, 6) is 0.817. The summed E-state index contributed by atoms with van der Waals surface area (Å²) in [7, 11) is 0. The lowest BCUT2D eigenvalue weighted by atomic mass is 9.72. The summed E-state index contributed by atoms with van der Waals surface area (Å²) in [6, 6.07) is 4.48. The van der Waals surface area contributed by atoms with E-state index >= 15 is 0 Å². The lowest BCUT2D eigenvalue weighted by molar-refractivity contribution is 0.283. The smallest absolute Gasteiger partial charge is 0.141 e. The van der Waals surface area contributed by atoms with E-state index in [0.717, 1.165) is 37.0 Å². The van der Waals surface area contributed by atoms with Crippen LogP contribution in [0.25, 0.3) is 0 Å². The maximum Gasteiger partial charge on any atom is 0.141 e. The molecule has 0 heterocycles. The van der Waals surface area contributed by atoms with E-state index in [1.54, 1.807) is 0 Å². The van der Waals surface area contributed by atoms with Gasteiger partial charge in [-0.25, -0.2) is 0 Å². The average Bonchev–Trinajstić information content (AvgIpc) is 2.43. The highest BCUT2D eigenvalue weighted by atomic mass is 35.5. The second-order valence-corrected chi connectivity index (χ2v) is 9.20. The first-order chi connectivity index (χ1) is 11.0. The SMILES string of the molecule is CCCOc1c(Cl)cc(C(C)(C)CC(C)(C)C)cc1CC(N)CC.Cl. The van der Waals surface area contributed by atoms with Gasteiger partial charge in [0.25, 0.3) is 0 Å². The van der Waals surface area contributed by atoms with Crippen molar-refractivity contribution >= 4 is 24.0 Å². The van der Waals surface area contributed by atoms with Gasteiger partial charge in [-0.3, -0.25) is 0 Å². The molecule has 1 aromatic carbocycles. The molecule has 1 atom stereocenters. The van der Waals surface area contributed by atoms with Crippen molar-refractivity contribution in [3.8, 4) is 5.75 Å². The normalized spacial score (nSPS) is 13.3. The maximum atomic E-state index is 6.61. The molecule has 2 N–H and O–H groups in total.